The van der Waals surface area contributed by atoms with E-state index in [2.05, 4.69) is 26.5 Å². The van der Waals surface area contributed by atoms with Crippen molar-refractivity contribution in [2.24, 2.45) is 5.92 Å². The van der Waals surface area contributed by atoms with Crippen LogP contribution in [0.3, 0.4) is 0 Å². The molecule has 0 radical (unpaired) electrons. The minimum atomic E-state index is -0.322. The molecule has 5 rings (SSSR count). The van der Waals surface area contributed by atoms with Gasteiger partial charge in [-0.2, -0.15) is 0 Å². The Morgan fingerprint density at radius 3 is 2.40 bits per heavy atom. The predicted octanol–water partition coefficient (Wildman–Crippen LogP) is 3.49. The summed E-state index contributed by atoms with van der Waals surface area (Å²) in [7, 11) is 0. The Kier molecular flexibility index (Phi) is 8.17. The maximum absolute atomic E-state index is 13.4. The number of benzene rings is 1. The lowest BCUT2D eigenvalue weighted by Gasteiger charge is -2.29. The molecule has 35 heavy (non-hydrogen) atoms. The number of carbonyl (C=O) groups excluding carboxylic acids is 1. The number of esters is 1. The first-order chi connectivity index (χ1) is 16.4. The van der Waals surface area contributed by atoms with Crippen molar-refractivity contribution in [2.75, 3.05) is 0 Å². The summed E-state index contributed by atoms with van der Waals surface area (Å²) in [6.07, 6.45) is 7.97. The number of hydrogen-bond acceptors (Lipinski definition) is 4. The first kappa shape index (κ1) is 26.2. The fourth-order valence-corrected chi connectivity index (χ4v) is 5.00. The van der Waals surface area contributed by atoms with Gasteiger partial charge in [0.15, 0.2) is 0 Å². The van der Waals surface area contributed by atoms with E-state index >= 15 is 0 Å². The third-order valence-electron chi connectivity index (χ3n) is 6.68. The van der Waals surface area contributed by atoms with Crippen LogP contribution in [0.2, 0.25) is 0 Å². The van der Waals surface area contributed by atoms with E-state index in [1.165, 1.54) is 15.7 Å². The van der Waals surface area contributed by atoms with Crippen LogP contribution in [0.1, 0.15) is 58.9 Å². The van der Waals surface area contributed by atoms with Crippen LogP contribution < -0.4 is 11.4 Å². The molecular formula is C27H35N3O5. The Labute approximate surface area is 205 Å². The molecule has 1 fully saturated rings. The molecule has 3 heterocycles. The molecule has 2 N–H and O–H groups in total. The molecule has 2 aliphatic heterocycles. The summed E-state index contributed by atoms with van der Waals surface area (Å²) in [5, 5.41) is 0. The van der Waals surface area contributed by atoms with Gasteiger partial charge in [-0.15, -0.1) is 0 Å². The molecule has 0 bridgehead atoms. The van der Waals surface area contributed by atoms with Crippen LogP contribution in [-0.2, 0) is 16.1 Å². The molecule has 1 aliphatic carbocycles. The number of carbonyl (C=O) groups is 1. The van der Waals surface area contributed by atoms with E-state index in [1.54, 1.807) is 16.8 Å². The molecule has 0 spiro atoms. The smallest absolute Gasteiger partial charge is 0.352 e. The lowest BCUT2D eigenvalue weighted by Crippen LogP contribution is -2.35. The van der Waals surface area contributed by atoms with E-state index in [0.717, 1.165) is 30.4 Å². The maximum atomic E-state index is 13.4. The number of para-hydroxylation sites is 1. The molecule has 3 atom stereocenters. The highest BCUT2D eigenvalue weighted by Gasteiger charge is 2.38. The number of hydrogen-bond donors (Lipinski definition) is 0. The van der Waals surface area contributed by atoms with Crippen LogP contribution in [0.4, 0.5) is 0 Å². The van der Waals surface area contributed by atoms with Crippen molar-refractivity contribution in [1.82, 2.24) is 13.9 Å². The Morgan fingerprint density at radius 1 is 1.03 bits per heavy atom. The average molecular weight is 482 g/mol. The van der Waals surface area contributed by atoms with E-state index in [1.807, 2.05) is 31.2 Å². The standard InChI is InChI=1S/C24H25N3O4.C3H8.H2O/c1-15-8-11-20-17(9-10-19-16(2)22(28)31-21(19)14-15)12-13-25-23(29)26(24(30)27(20)25)18-6-4-3-5-7-18;1-3-2;/h3-7,12,14,19-21H,2,8-11,13H2,1H3;3H2,1-2H3;1H2/b15-14+;;/t19-,20+,21+;;/m0../s1. The molecule has 0 saturated carbocycles. The second-order valence-electron chi connectivity index (χ2n) is 9.26. The minimum Gasteiger partial charge on any atom is -0.454 e. The summed E-state index contributed by atoms with van der Waals surface area (Å²) in [5.41, 5.74) is 2.70. The van der Waals surface area contributed by atoms with Gasteiger partial charge in [-0.05, 0) is 56.4 Å². The zero-order valence-electron chi connectivity index (χ0n) is 20.7. The van der Waals surface area contributed by atoms with Crippen LogP contribution in [0.5, 0.6) is 0 Å². The van der Waals surface area contributed by atoms with Crippen LogP contribution in [-0.4, -0.2) is 31.5 Å². The molecule has 1 aromatic carbocycles. The molecule has 3 aliphatic rings. The molecule has 2 aromatic rings. The van der Waals surface area contributed by atoms with Crippen molar-refractivity contribution >= 4 is 5.97 Å². The van der Waals surface area contributed by atoms with Crippen molar-refractivity contribution in [3.05, 3.63) is 86.8 Å². The van der Waals surface area contributed by atoms with Gasteiger partial charge in [-0.1, -0.05) is 56.7 Å². The van der Waals surface area contributed by atoms with Crippen molar-refractivity contribution in [3.63, 3.8) is 0 Å². The predicted molar refractivity (Wildman–Crippen MR) is 136 cm³/mol. The Bertz CT molecular complexity index is 1260. The fraction of sp³-hybridized carbons (Fsp3) is 0.444. The van der Waals surface area contributed by atoms with Gasteiger partial charge in [-0.25, -0.2) is 28.3 Å². The zero-order valence-corrected chi connectivity index (χ0v) is 20.7. The Balaban J connectivity index is 0.000000815. The SMILES string of the molecule is C=C1C(=O)O[C@@H]2/C=C(\C)CC[C@@H]3C(=CCn4c(=O)n(-c5ccccc5)c(=O)n43)CC[C@@H]12.CCC.O. The highest BCUT2D eigenvalue weighted by Crippen LogP contribution is 2.38. The van der Waals surface area contributed by atoms with Gasteiger partial charge in [0.25, 0.3) is 0 Å². The molecule has 8 nitrogen and oxygen atoms in total. The van der Waals surface area contributed by atoms with Gasteiger partial charge in [0, 0.05) is 11.5 Å². The van der Waals surface area contributed by atoms with Crippen LogP contribution in [0, 0.1) is 5.92 Å². The van der Waals surface area contributed by atoms with Crippen LogP contribution in [0.15, 0.2) is 75.4 Å². The summed E-state index contributed by atoms with van der Waals surface area (Å²) in [5.74, 6) is -0.380. The zero-order chi connectivity index (χ0) is 24.4. The largest absolute Gasteiger partial charge is 0.454 e. The number of nitrogens with zero attached hydrogens (tertiary/aromatic N) is 3. The second-order valence-corrected chi connectivity index (χ2v) is 9.26. The van der Waals surface area contributed by atoms with Gasteiger partial charge < -0.3 is 10.2 Å². The molecule has 1 aromatic heterocycles. The monoisotopic (exact) mass is 481 g/mol. The maximum Gasteiger partial charge on any atom is 0.352 e. The molecule has 0 unspecified atom stereocenters. The number of ether oxygens (including phenoxy) is 1. The van der Waals surface area contributed by atoms with Crippen LogP contribution in [0.25, 0.3) is 5.69 Å². The quantitative estimate of drug-likeness (QED) is 0.353. The number of fused-ring (bicyclic) bond motifs is 4. The van der Waals surface area contributed by atoms with Gasteiger partial charge >= 0.3 is 17.3 Å². The van der Waals surface area contributed by atoms with Crippen molar-refractivity contribution in [2.45, 2.75) is 71.6 Å². The highest BCUT2D eigenvalue weighted by molar-refractivity contribution is 5.91. The fourth-order valence-electron chi connectivity index (χ4n) is 5.00. The summed E-state index contributed by atoms with van der Waals surface area (Å²) in [6, 6.07) is 8.84. The second kappa shape index (κ2) is 10.9. The molecule has 188 valence electrons. The first-order valence-electron chi connectivity index (χ1n) is 12.1. The highest BCUT2D eigenvalue weighted by atomic mass is 16.5. The summed E-state index contributed by atoms with van der Waals surface area (Å²) >= 11 is 0. The summed E-state index contributed by atoms with van der Waals surface area (Å²) in [6.45, 7) is 10.6. The number of rotatable bonds is 1. The molecule has 8 heteroatoms. The van der Waals surface area contributed by atoms with Gasteiger partial charge in [0.1, 0.15) is 6.10 Å². The summed E-state index contributed by atoms with van der Waals surface area (Å²) in [4.78, 5) is 38.5. The van der Waals surface area contributed by atoms with Crippen molar-refractivity contribution < 1.29 is 15.0 Å². The van der Waals surface area contributed by atoms with Gasteiger partial charge in [0.2, 0.25) is 0 Å². The van der Waals surface area contributed by atoms with E-state index in [9.17, 15) is 14.4 Å². The molecule has 1 saturated heterocycles. The summed E-state index contributed by atoms with van der Waals surface area (Å²) < 4.78 is 9.94. The Morgan fingerprint density at radius 2 is 1.71 bits per heavy atom. The van der Waals surface area contributed by atoms with Crippen molar-refractivity contribution in [1.29, 1.82) is 0 Å². The topological polar surface area (TPSA) is 107 Å². The lowest BCUT2D eigenvalue weighted by molar-refractivity contribution is -0.137. The van der Waals surface area contributed by atoms with Gasteiger partial charge in [-0.3, -0.25) is 0 Å². The number of allylic oxidation sites excluding steroid dienone is 3. The number of aromatic nitrogens is 3. The van der Waals surface area contributed by atoms with E-state index in [4.69, 9.17) is 4.74 Å². The van der Waals surface area contributed by atoms with Crippen molar-refractivity contribution in [3.8, 4) is 5.69 Å². The molecular weight excluding hydrogens is 446 g/mol. The van der Waals surface area contributed by atoms with Crippen LogP contribution >= 0.6 is 0 Å². The van der Waals surface area contributed by atoms with Gasteiger partial charge in [0.05, 0.1) is 18.3 Å². The first-order valence-corrected chi connectivity index (χ1v) is 12.1. The lowest BCUT2D eigenvalue weighted by atomic mass is 9.84. The average Bonchev–Trinajstić information content (AvgIpc) is 3.23. The third kappa shape index (κ3) is 4.89. The Hall–Kier alpha value is -3.39. The van der Waals surface area contributed by atoms with E-state index in [-0.39, 0.29) is 40.9 Å². The minimum absolute atomic E-state index is 0. The van der Waals surface area contributed by atoms with E-state index < -0.39 is 0 Å². The normalized spacial score (nSPS) is 24.7. The third-order valence-corrected chi connectivity index (χ3v) is 6.68. The van der Waals surface area contributed by atoms with E-state index in [0.29, 0.717) is 24.2 Å². The molecule has 0 amide bonds.